The molecule has 2 heterocycles. The summed E-state index contributed by atoms with van der Waals surface area (Å²) in [5.74, 6) is 1.50. The Kier molecular flexibility index (Phi) is 5.84. The lowest BCUT2D eigenvalue weighted by Gasteiger charge is -2.22. The van der Waals surface area contributed by atoms with Crippen LogP contribution in [0, 0.1) is 10.7 Å². The third kappa shape index (κ3) is 3.95. The van der Waals surface area contributed by atoms with Gasteiger partial charge in [0.05, 0.1) is 4.88 Å². The van der Waals surface area contributed by atoms with Crippen molar-refractivity contribution in [2.45, 2.75) is 51.5 Å². The summed E-state index contributed by atoms with van der Waals surface area (Å²) >= 11 is 6.91. The van der Waals surface area contributed by atoms with Gasteiger partial charge in [0.15, 0.2) is 10.6 Å². The molecule has 0 spiro atoms. The number of thiophene rings is 1. The van der Waals surface area contributed by atoms with Gasteiger partial charge in [-0.3, -0.25) is 14.5 Å². The molecular formula is C17H24N4OS2. The summed E-state index contributed by atoms with van der Waals surface area (Å²) in [4.78, 5) is 13.5. The van der Waals surface area contributed by atoms with E-state index in [1.165, 1.54) is 32.1 Å². The fourth-order valence-electron chi connectivity index (χ4n) is 3.38. The minimum absolute atomic E-state index is 0.00103. The number of nitrogens with zero attached hydrogens (tertiary/aromatic N) is 2. The van der Waals surface area contributed by atoms with E-state index in [9.17, 15) is 4.79 Å². The molecule has 7 heteroatoms. The molecule has 0 unspecified atom stereocenters. The maximum atomic E-state index is 12.5. The summed E-state index contributed by atoms with van der Waals surface area (Å²) in [5.41, 5.74) is 0. The monoisotopic (exact) mass is 364 g/mol. The number of rotatable bonds is 6. The van der Waals surface area contributed by atoms with Crippen molar-refractivity contribution >= 4 is 29.5 Å². The average molecular weight is 365 g/mol. The quantitative estimate of drug-likeness (QED) is 0.751. The summed E-state index contributed by atoms with van der Waals surface area (Å²) in [5, 5.41) is 12.2. The smallest absolute Gasteiger partial charge is 0.242 e. The van der Waals surface area contributed by atoms with Crippen LogP contribution < -0.4 is 5.32 Å². The van der Waals surface area contributed by atoms with Gasteiger partial charge in [0.1, 0.15) is 6.04 Å². The molecule has 1 aliphatic carbocycles. The van der Waals surface area contributed by atoms with Crippen molar-refractivity contribution in [2.24, 2.45) is 5.92 Å². The van der Waals surface area contributed by atoms with E-state index >= 15 is 0 Å². The average Bonchev–Trinajstić information content (AvgIpc) is 3.24. The van der Waals surface area contributed by atoms with Crippen LogP contribution in [0.3, 0.4) is 0 Å². The van der Waals surface area contributed by atoms with E-state index in [2.05, 4.69) is 15.5 Å². The largest absolute Gasteiger partial charge is 0.354 e. The summed E-state index contributed by atoms with van der Waals surface area (Å²) in [7, 11) is 0. The molecule has 0 aromatic carbocycles. The fourth-order valence-corrected chi connectivity index (χ4v) is 4.38. The Labute approximate surface area is 151 Å². The van der Waals surface area contributed by atoms with E-state index < -0.39 is 0 Å². The molecule has 24 heavy (non-hydrogen) atoms. The van der Waals surface area contributed by atoms with Crippen LogP contribution in [0.25, 0.3) is 10.7 Å². The van der Waals surface area contributed by atoms with Crippen molar-refractivity contribution in [1.82, 2.24) is 20.1 Å². The topological polar surface area (TPSA) is 62.7 Å². The van der Waals surface area contributed by atoms with E-state index in [0.717, 1.165) is 29.6 Å². The summed E-state index contributed by atoms with van der Waals surface area (Å²) in [6.07, 6.45) is 7.73. The maximum absolute atomic E-state index is 12.5. The number of aromatic amines is 1. The van der Waals surface area contributed by atoms with Gasteiger partial charge in [0.2, 0.25) is 5.91 Å². The number of carbonyl (C=O) groups is 1. The van der Waals surface area contributed by atoms with Crippen LogP contribution in [0.1, 0.15) is 51.5 Å². The molecule has 1 amide bonds. The number of H-pyrrole nitrogens is 1. The summed E-state index contributed by atoms with van der Waals surface area (Å²) < 4.78 is 2.28. The van der Waals surface area contributed by atoms with Gasteiger partial charge in [-0.05, 0) is 42.9 Å². The zero-order valence-corrected chi connectivity index (χ0v) is 15.6. The number of carbonyl (C=O) groups excluding carboxylic acids is 1. The Morgan fingerprint density at radius 3 is 3.00 bits per heavy atom. The molecule has 2 aromatic rings. The zero-order valence-electron chi connectivity index (χ0n) is 14.0. The van der Waals surface area contributed by atoms with Crippen molar-refractivity contribution in [3.63, 3.8) is 0 Å². The minimum Gasteiger partial charge on any atom is -0.354 e. The van der Waals surface area contributed by atoms with Crippen LogP contribution in [0.4, 0.5) is 0 Å². The van der Waals surface area contributed by atoms with E-state index in [1.807, 2.05) is 24.4 Å². The maximum Gasteiger partial charge on any atom is 0.242 e. The second kappa shape index (κ2) is 8.07. The first kappa shape index (κ1) is 17.4. The van der Waals surface area contributed by atoms with Crippen LogP contribution in [0.5, 0.6) is 0 Å². The number of hydrogen-bond donors (Lipinski definition) is 2. The summed E-state index contributed by atoms with van der Waals surface area (Å²) in [6, 6.07) is 3.58. The van der Waals surface area contributed by atoms with Gasteiger partial charge in [-0.15, -0.1) is 11.3 Å². The lowest BCUT2D eigenvalue weighted by Crippen LogP contribution is -2.33. The first-order chi connectivity index (χ1) is 11.7. The van der Waals surface area contributed by atoms with Crippen molar-refractivity contribution < 1.29 is 4.79 Å². The highest BCUT2D eigenvalue weighted by Crippen LogP contribution is 2.27. The molecular weight excluding hydrogens is 340 g/mol. The van der Waals surface area contributed by atoms with Crippen LogP contribution in [0.15, 0.2) is 17.5 Å². The first-order valence-electron chi connectivity index (χ1n) is 8.65. The zero-order chi connectivity index (χ0) is 16.9. The normalized spacial score (nSPS) is 16.9. The molecule has 130 valence electrons. The van der Waals surface area contributed by atoms with E-state index in [-0.39, 0.29) is 11.9 Å². The van der Waals surface area contributed by atoms with Crippen LogP contribution in [-0.2, 0) is 4.79 Å². The second-order valence-electron chi connectivity index (χ2n) is 6.46. The van der Waals surface area contributed by atoms with Crippen molar-refractivity contribution in [3.05, 3.63) is 22.3 Å². The molecule has 3 rings (SSSR count). The molecule has 2 N–H and O–H groups in total. The molecule has 0 bridgehead atoms. The van der Waals surface area contributed by atoms with Crippen LogP contribution in [0.2, 0.25) is 0 Å². The predicted octanol–water partition coefficient (Wildman–Crippen LogP) is 4.32. The molecule has 1 aliphatic rings. The van der Waals surface area contributed by atoms with E-state index in [0.29, 0.717) is 4.77 Å². The Balaban J connectivity index is 1.61. The third-order valence-corrected chi connectivity index (χ3v) is 5.94. The molecule has 2 aromatic heterocycles. The van der Waals surface area contributed by atoms with Gasteiger partial charge < -0.3 is 5.32 Å². The Morgan fingerprint density at radius 1 is 1.50 bits per heavy atom. The van der Waals surface area contributed by atoms with Crippen molar-refractivity contribution in [3.8, 4) is 10.7 Å². The van der Waals surface area contributed by atoms with Crippen LogP contribution >= 0.6 is 23.6 Å². The second-order valence-corrected chi connectivity index (χ2v) is 7.79. The van der Waals surface area contributed by atoms with Gasteiger partial charge in [0, 0.05) is 6.54 Å². The number of hydrogen-bond acceptors (Lipinski definition) is 4. The Bertz CT molecular complexity index is 713. The molecule has 0 aliphatic heterocycles. The lowest BCUT2D eigenvalue weighted by molar-refractivity contribution is -0.123. The fraction of sp³-hybridized carbons (Fsp3) is 0.588. The van der Waals surface area contributed by atoms with E-state index in [1.54, 1.807) is 15.9 Å². The van der Waals surface area contributed by atoms with Gasteiger partial charge in [-0.2, -0.15) is 5.10 Å². The minimum atomic E-state index is -0.375. The SMILES string of the molecule is C[C@H](C(=O)NCCC1CCCCC1)n1c(-c2cccs2)n[nH]c1=S. The highest BCUT2D eigenvalue weighted by Gasteiger charge is 2.21. The number of nitrogens with one attached hydrogen (secondary N) is 2. The molecule has 1 saturated carbocycles. The van der Waals surface area contributed by atoms with Gasteiger partial charge in [-0.25, -0.2) is 0 Å². The molecule has 5 nitrogen and oxygen atoms in total. The van der Waals surface area contributed by atoms with Gasteiger partial charge in [0.25, 0.3) is 0 Å². The lowest BCUT2D eigenvalue weighted by atomic mass is 9.87. The molecule has 1 fully saturated rings. The standard InChI is InChI=1S/C17H24N4OS2/c1-12(16(22)18-10-9-13-6-3-2-4-7-13)21-15(19-20-17(21)23)14-8-5-11-24-14/h5,8,11-13H,2-4,6-7,9-10H2,1H3,(H,18,22)(H,20,23)/t12-/m1/s1. The predicted molar refractivity (Wildman–Crippen MR) is 99.6 cm³/mol. The van der Waals surface area contributed by atoms with Crippen LogP contribution in [-0.4, -0.2) is 27.2 Å². The highest BCUT2D eigenvalue weighted by molar-refractivity contribution is 7.71. The summed E-state index contributed by atoms with van der Waals surface area (Å²) in [6.45, 7) is 2.62. The first-order valence-corrected chi connectivity index (χ1v) is 9.94. The Morgan fingerprint density at radius 2 is 2.29 bits per heavy atom. The molecule has 1 atom stereocenters. The molecule has 0 radical (unpaired) electrons. The highest BCUT2D eigenvalue weighted by atomic mass is 32.1. The van der Waals surface area contributed by atoms with Gasteiger partial charge in [-0.1, -0.05) is 38.2 Å². The Hall–Kier alpha value is -1.47. The third-order valence-electron chi connectivity index (χ3n) is 4.79. The number of aromatic nitrogens is 3. The van der Waals surface area contributed by atoms with Crippen molar-refractivity contribution in [1.29, 1.82) is 0 Å². The van der Waals surface area contributed by atoms with Crippen molar-refractivity contribution in [2.75, 3.05) is 6.54 Å². The number of amides is 1. The van der Waals surface area contributed by atoms with Gasteiger partial charge >= 0.3 is 0 Å². The van der Waals surface area contributed by atoms with E-state index in [4.69, 9.17) is 12.2 Å². The molecule has 0 saturated heterocycles.